The third-order valence-electron chi connectivity index (χ3n) is 3.48. The fourth-order valence-corrected chi connectivity index (χ4v) is 2.59. The van der Waals surface area contributed by atoms with E-state index >= 15 is 0 Å². The highest BCUT2D eigenvalue weighted by atomic mass is 15.1. The van der Waals surface area contributed by atoms with Gasteiger partial charge in [-0.1, -0.05) is 51.1 Å². The topological polar surface area (TPSA) is 39.1 Å². The first-order valence-corrected chi connectivity index (χ1v) is 7.44. The molecule has 1 aromatic carbocycles. The van der Waals surface area contributed by atoms with Crippen LogP contribution in [-0.4, -0.2) is 31.6 Å². The number of nitriles is 1. The molecule has 0 aromatic heterocycles. The van der Waals surface area contributed by atoms with E-state index in [1.54, 1.807) is 0 Å². The molecule has 110 valence electrons. The molecule has 0 saturated carbocycles. The molecule has 1 N–H and O–H groups in total. The Hall–Kier alpha value is -1.37. The molecule has 3 heteroatoms. The van der Waals surface area contributed by atoms with Crippen LogP contribution in [0.1, 0.15) is 32.8 Å². The van der Waals surface area contributed by atoms with Crippen molar-refractivity contribution < 1.29 is 0 Å². The Balaban J connectivity index is 2.82. The summed E-state index contributed by atoms with van der Waals surface area (Å²) in [5.41, 5.74) is 0.476. The summed E-state index contributed by atoms with van der Waals surface area (Å²) >= 11 is 0. The lowest BCUT2D eigenvalue weighted by atomic mass is 9.87. The van der Waals surface area contributed by atoms with Gasteiger partial charge in [-0.05, 0) is 31.5 Å². The molecule has 0 radical (unpaired) electrons. The Morgan fingerprint density at radius 3 is 2.45 bits per heavy atom. The van der Waals surface area contributed by atoms with Gasteiger partial charge in [0.1, 0.15) is 5.54 Å². The van der Waals surface area contributed by atoms with Gasteiger partial charge in [-0.25, -0.2) is 0 Å². The predicted molar refractivity (Wildman–Crippen MR) is 84.4 cm³/mol. The van der Waals surface area contributed by atoms with E-state index in [-0.39, 0.29) is 0 Å². The highest BCUT2D eigenvalue weighted by Gasteiger charge is 2.31. The Morgan fingerprint density at radius 1 is 1.30 bits per heavy atom. The summed E-state index contributed by atoms with van der Waals surface area (Å²) in [6.45, 7) is 9.24. The third kappa shape index (κ3) is 4.63. The highest BCUT2D eigenvalue weighted by Crippen LogP contribution is 2.24. The average Bonchev–Trinajstić information content (AvgIpc) is 2.44. The number of nitrogens with zero attached hydrogens (tertiary/aromatic N) is 2. The standard InChI is InChI=1S/C17H27N3/c1-5-19-17(14-18,16-9-7-6-8-10-16)11-12-20(4)13-15(2)3/h6-10,15,19H,5,11-13H2,1-4H3. The molecule has 20 heavy (non-hydrogen) atoms. The van der Waals surface area contributed by atoms with E-state index in [1.807, 2.05) is 37.3 Å². The minimum absolute atomic E-state index is 0.582. The van der Waals surface area contributed by atoms with Crippen molar-refractivity contribution >= 4 is 0 Å². The van der Waals surface area contributed by atoms with Crippen LogP contribution in [0.2, 0.25) is 0 Å². The number of hydrogen-bond donors (Lipinski definition) is 1. The van der Waals surface area contributed by atoms with E-state index in [0.717, 1.165) is 31.6 Å². The zero-order chi connectivity index (χ0) is 15.0. The molecular formula is C17H27N3. The van der Waals surface area contributed by atoms with Crippen LogP contribution in [0.5, 0.6) is 0 Å². The summed E-state index contributed by atoms with van der Waals surface area (Å²) in [6.07, 6.45) is 0.796. The molecule has 0 spiro atoms. The largest absolute Gasteiger partial charge is 0.306 e. The van der Waals surface area contributed by atoms with Crippen LogP contribution in [0, 0.1) is 17.2 Å². The highest BCUT2D eigenvalue weighted by molar-refractivity contribution is 5.31. The van der Waals surface area contributed by atoms with Crippen LogP contribution < -0.4 is 5.32 Å². The van der Waals surface area contributed by atoms with E-state index in [2.05, 4.69) is 37.2 Å². The summed E-state index contributed by atoms with van der Waals surface area (Å²) in [6, 6.07) is 12.6. The summed E-state index contributed by atoms with van der Waals surface area (Å²) in [4.78, 5) is 2.30. The Morgan fingerprint density at radius 2 is 1.95 bits per heavy atom. The maximum atomic E-state index is 9.72. The van der Waals surface area contributed by atoms with Gasteiger partial charge in [-0.2, -0.15) is 5.26 Å². The zero-order valence-electron chi connectivity index (χ0n) is 13.2. The number of hydrogen-bond acceptors (Lipinski definition) is 3. The van der Waals surface area contributed by atoms with Crippen molar-refractivity contribution in [2.75, 3.05) is 26.7 Å². The van der Waals surface area contributed by atoms with Gasteiger partial charge in [0.25, 0.3) is 0 Å². The van der Waals surface area contributed by atoms with Crippen molar-refractivity contribution in [3.63, 3.8) is 0 Å². The van der Waals surface area contributed by atoms with Gasteiger partial charge in [0.05, 0.1) is 6.07 Å². The second-order valence-electron chi connectivity index (χ2n) is 5.82. The van der Waals surface area contributed by atoms with Gasteiger partial charge < -0.3 is 4.90 Å². The molecule has 1 rings (SSSR count). The Kier molecular flexibility index (Phi) is 6.70. The molecule has 1 unspecified atom stereocenters. The number of nitrogens with one attached hydrogen (secondary N) is 1. The van der Waals surface area contributed by atoms with Crippen molar-refractivity contribution in [3.8, 4) is 6.07 Å². The Bertz CT molecular complexity index is 422. The van der Waals surface area contributed by atoms with Gasteiger partial charge in [-0.15, -0.1) is 0 Å². The molecule has 1 aromatic rings. The lowest BCUT2D eigenvalue weighted by Gasteiger charge is -2.30. The SMILES string of the molecule is CCNC(C#N)(CCN(C)CC(C)C)c1ccccc1. The smallest absolute Gasteiger partial charge is 0.133 e. The molecule has 0 aliphatic rings. The first-order chi connectivity index (χ1) is 9.54. The van der Waals surface area contributed by atoms with Crippen LogP contribution in [0.3, 0.4) is 0 Å². The van der Waals surface area contributed by atoms with Gasteiger partial charge in [0.15, 0.2) is 0 Å². The van der Waals surface area contributed by atoms with E-state index in [1.165, 1.54) is 0 Å². The van der Waals surface area contributed by atoms with Crippen LogP contribution in [0.15, 0.2) is 30.3 Å². The number of rotatable bonds is 8. The van der Waals surface area contributed by atoms with Crippen LogP contribution in [0.4, 0.5) is 0 Å². The van der Waals surface area contributed by atoms with E-state index in [4.69, 9.17) is 0 Å². The first-order valence-electron chi connectivity index (χ1n) is 7.44. The summed E-state index contributed by atoms with van der Waals surface area (Å²) in [7, 11) is 2.12. The van der Waals surface area contributed by atoms with Crippen LogP contribution >= 0.6 is 0 Å². The molecule has 0 saturated heterocycles. The summed E-state index contributed by atoms with van der Waals surface area (Å²) in [5, 5.41) is 13.1. The summed E-state index contributed by atoms with van der Waals surface area (Å²) in [5.74, 6) is 0.646. The monoisotopic (exact) mass is 273 g/mol. The van der Waals surface area contributed by atoms with Gasteiger partial charge in [0.2, 0.25) is 0 Å². The fourth-order valence-electron chi connectivity index (χ4n) is 2.59. The van der Waals surface area contributed by atoms with E-state index in [0.29, 0.717) is 5.92 Å². The first kappa shape index (κ1) is 16.7. The molecule has 0 bridgehead atoms. The fraction of sp³-hybridized carbons (Fsp3) is 0.588. The van der Waals surface area contributed by atoms with Crippen molar-refractivity contribution in [3.05, 3.63) is 35.9 Å². The molecule has 0 aliphatic carbocycles. The second-order valence-corrected chi connectivity index (χ2v) is 5.82. The summed E-state index contributed by atoms with van der Waals surface area (Å²) < 4.78 is 0. The molecule has 0 heterocycles. The van der Waals surface area contributed by atoms with Crippen molar-refractivity contribution in [1.82, 2.24) is 10.2 Å². The number of benzene rings is 1. The second kappa shape index (κ2) is 8.04. The maximum Gasteiger partial charge on any atom is 0.133 e. The van der Waals surface area contributed by atoms with Crippen molar-refractivity contribution in [2.45, 2.75) is 32.7 Å². The normalized spacial score (nSPS) is 14.2. The van der Waals surface area contributed by atoms with E-state index in [9.17, 15) is 5.26 Å². The minimum Gasteiger partial charge on any atom is -0.306 e. The van der Waals surface area contributed by atoms with Gasteiger partial charge >= 0.3 is 0 Å². The molecule has 0 fully saturated rings. The van der Waals surface area contributed by atoms with E-state index < -0.39 is 5.54 Å². The van der Waals surface area contributed by atoms with Crippen molar-refractivity contribution in [1.29, 1.82) is 5.26 Å². The van der Waals surface area contributed by atoms with Gasteiger partial charge in [0, 0.05) is 13.1 Å². The van der Waals surface area contributed by atoms with Crippen LogP contribution in [0.25, 0.3) is 0 Å². The average molecular weight is 273 g/mol. The molecule has 1 atom stereocenters. The van der Waals surface area contributed by atoms with Crippen LogP contribution in [-0.2, 0) is 5.54 Å². The lowest BCUT2D eigenvalue weighted by molar-refractivity contribution is 0.258. The zero-order valence-corrected chi connectivity index (χ0v) is 13.2. The van der Waals surface area contributed by atoms with Crippen molar-refractivity contribution in [2.24, 2.45) is 5.92 Å². The maximum absolute atomic E-state index is 9.72. The molecule has 0 amide bonds. The lowest BCUT2D eigenvalue weighted by Crippen LogP contribution is -2.43. The molecular weight excluding hydrogens is 246 g/mol. The molecule has 3 nitrogen and oxygen atoms in total. The predicted octanol–water partition coefficient (Wildman–Crippen LogP) is 2.99. The third-order valence-corrected chi connectivity index (χ3v) is 3.48. The minimum atomic E-state index is -0.582. The van der Waals surface area contributed by atoms with Gasteiger partial charge in [-0.3, -0.25) is 5.32 Å². The molecule has 0 aliphatic heterocycles. The quantitative estimate of drug-likeness (QED) is 0.791. The Labute approximate surface area is 123 Å².